The van der Waals surface area contributed by atoms with Crippen molar-refractivity contribution < 1.29 is 9.53 Å². The van der Waals surface area contributed by atoms with E-state index in [0.717, 1.165) is 22.2 Å². The summed E-state index contributed by atoms with van der Waals surface area (Å²) in [7, 11) is 0. The lowest BCUT2D eigenvalue weighted by Gasteiger charge is -2.09. The smallest absolute Gasteiger partial charge is 0.170 e. The van der Waals surface area contributed by atoms with E-state index in [1.807, 2.05) is 6.07 Å². The van der Waals surface area contributed by atoms with E-state index in [-0.39, 0.29) is 0 Å². The molecule has 2 nitrogen and oxygen atoms in total. The number of fused-ring (bicyclic) bond motifs is 2. The summed E-state index contributed by atoms with van der Waals surface area (Å²) in [5.41, 5.74) is 2.00. The molecule has 0 saturated heterocycles. The molecule has 4 rings (SSSR count). The summed E-state index contributed by atoms with van der Waals surface area (Å²) < 4.78 is 6.66. The van der Waals surface area contributed by atoms with Crippen molar-refractivity contribution in [2.45, 2.75) is 25.7 Å². The van der Waals surface area contributed by atoms with E-state index >= 15 is 0 Å². The van der Waals surface area contributed by atoms with Crippen LogP contribution in [0.4, 0.5) is 0 Å². The van der Waals surface area contributed by atoms with Gasteiger partial charge in [-0.2, -0.15) is 0 Å². The molecule has 0 bridgehead atoms. The summed E-state index contributed by atoms with van der Waals surface area (Å²) in [6.45, 7) is 0.712. The fourth-order valence-electron chi connectivity index (χ4n) is 3.84. The maximum atomic E-state index is 12.6. The predicted octanol–water partition coefficient (Wildman–Crippen LogP) is 3.61. The van der Waals surface area contributed by atoms with Crippen molar-refractivity contribution in [1.82, 2.24) is 0 Å². The van der Waals surface area contributed by atoms with E-state index in [0.29, 0.717) is 30.1 Å². The number of carbonyl (C=O) groups excluding carboxylic acids is 1. The van der Waals surface area contributed by atoms with Gasteiger partial charge in [0.1, 0.15) is 5.75 Å². The average Bonchev–Trinajstić information content (AvgIpc) is 2.76. The first-order valence-corrected chi connectivity index (χ1v) is 7.54. The van der Waals surface area contributed by atoms with Crippen molar-refractivity contribution >= 4 is 21.7 Å². The van der Waals surface area contributed by atoms with Gasteiger partial charge in [0.05, 0.1) is 12.2 Å². The molecular weight excluding hydrogens is 292 g/mol. The average molecular weight is 307 g/mol. The van der Waals surface area contributed by atoms with Gasteiger partial charge in [-0.1, -0.05) is 22.4 Å². The van der Waals surface area contributed by atoms with Gasteiger partial charge in [-0.3, -0.25) is 4.79 Å². The Bertz CT molecular complexity index is 528. The number of Topliss-reactive ketones (excluding diaryl/α,β-unsaturated/α-hetero) is 1. The third kappa shape index (κ3) is 1.49. The third-order valence-corrected chi connectivity index (χ3v) is 5.18. The van der Waals surface area contributed by atoms with Crippen molar-refractivity contribution in [3.63, 3.8) is 0 Å². The normalized spacial score (nSPS) is 31.7. The molecule has 1 heterocycles. The van der Waals surface area contributed by atoms with Crippen LogP contribution in [-0.4, -0.2) is 12.4 Å². The fraction of sp³-hybridized carbons (Fsp3) is 0.533. The van der Waals surface area contributed by atoms with E-state index in [9.17, 15) is 4.79 Å². The minimum Gasteiger partial charge on any atom is -0.492 e. The molecule has 0 amide bonds. The van der Waals surface area contributed by atoms with Gasteiger partial charge >= 0.3 is 0 Å². The van der Waals surface area contributed by atoms with Crippen molar-refractivity contribution in [3.05, 3.63) is 27.7 Å². The first-order chi connectivity index (χ1) is 8.75. The molecule has 0 radical (unpaired) electrons. The lowest BCUT2D eigenvalue weighted by Crippen LogP contribution is -2.08. The van der Waals surface area contributed by atoms with E-state index in [4.69, 9.17) is 4.74 Å². The SMILES string of the molecule is O=C(c1cc(Br)cc2c1OCC2)C1C2CCCC21. The molecule has 2 saturated carbocycles. The minimum absolute atomic E-state index is 0.293. The van der Waals surface area contributed by atoms with Crippen LogP contribution in [0.25, 0.3) is 0 Å². The van der Waals surface area contributed by atoms with Crippen molar-refractivity contribution in [3.8, 4) is 5.75 Å². The molecule has 1 aliphatic heterocycles. The number of ether oxygens (including phenoxy) is 1. The Labute approximate surface area is 115 Å². The molecule has 1 aromatic carbocycles. The molecule has 2 unspecified atom stereocenters. The summed E-state index contributed by atoms with van der Waals surface area (Å²) in [6.07, 6.45) is 4.73. The summed E-state index contributed by atoms with van der Waals surface area (Å²) in [5.74, 6) is 2.82. The lowest BCUT2D eigenvalue weighted by molar-refractivity contribution is 0.0948. The van der Waals surface area contributed by atoms with Gasteiger partial charge in [0.2, 0.25) is 0 Å². The Hall–Kier alpha value is -0.830. The van der Waals surface area contributed by atoms with Gasteiger partial charge in [0, 0.05) is 16.8 Å². The fourth-order valence-corrected chi connectivity index (χ4v) is 4.35. The largest absolute Gasteiger partial charge is 0.492 e. The number of ketones is 1. The highest BCUT2D eigenvalue weighted by Crippen LogP contribution is 2.59. The van der Waals surface area contributed by atoms with Crippen LogP contribution >= 0.6 is 15.9 Å². The number of carbonyl (C=O) groups is 1. The first-order valence-electron chi connectivity index (χ1n) is 6.75. The maximum absolute atomic E-state index is 12.6. The van der Waals surface area contributed by atoms with Crippen LogP contribution in [0, 0.1) is 17.8 Å². The molecule has 0 N–H and O–H groups in total. The summed E-state index contributed by atoms with van der Waals surface area (Å²) in [6, 6.07) is 4.02. The van der Waals surface area contributed by atoms with Crippen LogP contribution in [-0.2, 0) is 6.42 Å². The zero-order valence-corrected chi connectivity index (χ0v) is 11.7. The molecule has 2 aliphatic carbocycles. The topological polar surface area (TPSA) is 26.3 Å². The van der Waals surface area contributed by atoms with Crippen molar-refractivity contribution in [2.75, 3.05) is 6.61 Å². The number of hydrogen-bond acceptors (Lipinski definition) is 2. The molecule has 0 aromatic heterocycles. The predicted molar refractivity (Wildman–Crippen MR) is 72.0 cm³/mol. The Kier molecular flexibility index (Phi) is 2.35. The molecule has 3 aliphatic rings. The van der Waals surface area contributed by atoms with Crippen LogP contribution in [0.2, 0.25) is 0 Å². The van der Waals surface area contributed by atoms with E-state index < -0.39 is 0 Å². The highest BCUT2D eigenvalue weighted by atomic mass is 79.9. The molecule has 3 heteroatoms. The second-order valence-corrected chi connectivity index (χ2v) is 6.60. The minimum atomic E-state index is 0.293. The van der Waals surface area contributed by atoms with Gasteiger partial charge in [-0.15, -0.1) is 0 Å². The standard InChI is InChI=1S/C15H15BrO2/c16-9-6-8-4-5-18-15(8)12(7-9)14(17)13-10-2-1-3-11(10)13/h6-7,10-11,13H,1-5H2. The number of rotatable bonds is 2. The summed E-state index contributed by atoms with van der Waals surface area (Å²) in [5, 5.41) is 0. The lowest BCUT2D eigenvalue weighted by atomic mass is 9.98. The summed E-state index contributed by atoms with van der Waals surface area (Å²) >= 11 is 3.51. The highest BCUT2D eigenvalue weighted by Gasteiger charge is 2.56. The van der Waals surface area contributed by atoms with Gasteiger partial charge in [-0.05, 0) is 42.4 Å². The number of benzene rings is 1. The maximum Gasteiger partial charge on any atom is 0.170 e. The molecule has 18 heavy (non-hydrogen) atoms. The Balaban J connectivity index is 1.71. The van der Waals surface area contributed by atoms with Gasteiger partial charge in [-0.25, -0.2) is 0 Å². The monoisotopic (exact) mass is 306 g/mol. The molecule has 94 valence electrons. The van der Waals surface area contributed by atoms with E-state index in [2.05, 4.69) is 22.0 Å². The quantitative estimate of drug-likeness (QED) is 0.780. The third-order valence-electron chi connectivity index (χ3n) is 4.72. The number of halogens is 1. The molecule has 2 fully saturated rings. The molecular formula is C15H15BrO2. The van der Waals surface area contributed by atoms with Crippen molar-refractivity contribution in [2.24, 2.45) is 17.8 Å². The summed E-state index contributed by atoms with van der Waals surface area (Å²) in [4.78, 5) is 12.6. The number of hydrogen-bond donors (Lipinski definition) is 0. The van der Waals surface area contributed by atoms with E-state index in [1.165, 1.54) is 24.8 Å². The molecule has 0 spiro atoms. The highest BCUT2D eigenvalue weighted by molar-refractivity contribution is 9.10. The zero-order chi connectivity index (χ0) is 12.3. The molecule has 2 atom stereocenters. The second-order valence-electron chi connectivity index (χ2n) is 5.69. The van der Waals surface area contributed by atoms with Crippen LogP contribution in [0.3, 0.4) is 0 Å². The van der Waals surface area contributed by atoms with Crippen molar-refractivity contribution in [1.29, 1.82) is 0 Å². The second kappa shape index (κ2) is 3.83. The first kappa shape index (κ1) is 11.0. The Morgan fingerprint density at radius 1 is 1.28 bits per heavy atom. The van der Waals surface area contributed by atoms with Gasteiger partial charge in [0.25, 0.3) is 0 Å². The Morgan fingerprint density at radius 2 is 2.06 bits per heavy atom. The van der Waals surface area contributed by atoms with Crippen LogP contribution in [0.5, 0.6) is 5.75 Å². The van der Waals surface area contributed by atoms with Gasteiger partial charge in [0.15, 0.2) is 5.78 Å². The molecule has 1 aromatic rings. The Morgan fingerprint density at radius 3 is 2.83 bits per heavy atom. The van der Waals surface area contributed by atoms with Crippen LogP contribution in [0.1, 0.15) is 35.2 Å². The zero-order valence-electron chi connectivity index (χ0n) is 10.1. The van der Waals surface area contributed by atoms with E-state index in [1.54, 1.807) is 0 Å². The van der Waals surface area contributed by atoms with Crippen LogP contribution < -0.4 is 4.74 Å². The van der Waals surface area contributed by atoms with Gasteiger partial charge < -0.3 is 4.74 Å². The van der Waals surface area contributed by atoms with Crippen LogP contribution in [0.15, 0.2) is 16.6 Å².